The lowest BCUT2D eigenvalue weighted by Gasteiger charge is -2.23. The van der Waals surface area contributed by atoms with E-state index in [1.54, 1.807) is 24.3 Å². The summed E-state index contributed by atoms with van der Waals surface area (Å²) in [6, 6.07) is 22.3. The molecule has 2 aromatic carbocycles. The number of hydrogen-bond donors (Lipinski definition) is 1. The van der Waals surface area contributed by atoms with E-state index in [2.05, 4.69) is 5.32 Å². The lowest BCUT2D eigenvalue weighted by molar-refractivity contribution is 0.100. The summed E-state index contributed by atoms with van der Waals surface area (Å²) in [5, 5.41) is 5.44. The van der Waals surface area contributed by atoms with Gasteiger partial charge in [0.1, 0.15) is 0 Å². The van der Waals surface area contributed by atoms with E-state index in [1.165, 1.54) is 17.8 Å². The molecule has 0 atom stereocenters. The fourth-order valence-corrected chi connectivity index (χ4v) is 5.16. The summed E-state index contributed by atoms with van der Waals surface area (Å²) in [6.45, 7) is 0. The molecule has 1 aliphatic carbocycles. The van der Waals surface area contributed by atoms with Crippen LogP contribution in [0.2, 0.25) is 0 Å². The monoisotopic (exact) mass is 455 g/mol. The van der Waals surface area contributed by atoms with Gasteiger partial charge in [-0.15, -0.1) is 11.3 Å². The molecule has 1 aliphatic rings. The molecule has 33 heavy (non-hydrogen) atoms. The molecule has 1 fully saturated rings. The van der Waals surface area contributed by atoms with Crippen molar-refractivity contribution in [2.24, 2.45) is 0 Å². The third-order valence-electron chi connectivity index (χ3n) is 6.12. The Morgan fingerprint density at radius 3 is 1.94 bits per heavy atom. The molecule has 5 heteroatoms. The van der Waals surface area contributed by atoms with E-state index >= 15 is 0 Å². The summed E-state index contributed by atoms with van der Waals surface area (Å²) in [5.74, 6) is 0.438. The molecular weight excluding hydrogens is 430 g/mol. The molecule has 0 radical (unpaired) electrons. The zero-order valence-corrected chi connectivity index (χ0v) is 19.1. The van der Waals surface area contributed by atoms with Crippen LogP contribution in [0.5, 0.6) is 0 Å². The van der Waals surface area contributed by atoms with Gasteiger partial charge >= 0.3 is 0 Å². The lowest BCUT2D eigenvalue weighted by atomic mass is 9.93. The van der Waals surface area contributed by atoms with Crippen molar-refractivity contribution < 1.29 is 14.0 Å². The van der Waals surface area contributed by atoms with Crippen LogP contribution in [-0.4, -0.2) is 17.6 Å². The third-order valence-corrected chi connectivity index (χ3v) is 6.99. The number of carbonyl (C=O) groups excluding carboxylic acids is 2. The number of thiophene rings is 1. The van der Waals surface area contributed by atoms with Crippen molar-refractivity contribution >= 4 is 28.8 Å². The molecule has 1 N–H and O–H groups in total. The number of rotatable bonds is 7. The summed E-state index contributed by atoms with van der Waals surface area (Å²) in [6.07, 6.45) is 5.57. The van der Waals surface area contributed by atoms with E-state index < -0.39 is 0 Å². The second kappa shape index (κ2) is 9.59. The number of benzene rings is 2. The van der Waals surface area contributed by atoms with Crippen LogP contribution in [0.25, 0.3) is 10.6 Å². The molecule has 2 heterocycles. The molecule has 4 nitrogen and oxygen atoms in total. The van der Waals surface area contributed by atoms with Gasteiger partial charge in [-0.25, -0.2) is 0 Å². The van der Waals surface area contributed by atoms with Gasteiger partial charge in [-0.3, -0.25) is 9.59 Å². The number of carbonyl (C=O) groups is 2. The zero-order chi connectivity index (χ0) is 22.6. The van der Waals surface area contributed by atoms with Crippen molar-refractivity contribution in [2.45, 2.75) is 38.1 Å². The van der Waals surface area contributed by atoms with Crippen molar-refractivity contribution in [1.29, 1.82) is 0 Å². The summed E-state index contributed by atoms with van der Waals surface area (Å²) in [5.41, 5.74) is 1.71. The minimum absolute atomic E-state index is 0.209. The summed E-state index contributed by atoms with van der Waals surface area (Å²) in [4.78, 5) is 28.4. The Bertz CT molecular complexity index is 1240. The van der Waals surface area contributed by atoms with Gasteiger partial charge in [-0.2, -0.15) is 0 Å². The topological polar surface area (TPSA) is 59.3 Å². The highest BCUT2D eigenvalue weighted by molar-refractivity contribution is 7.13. The smallest absolute Gasteiger partial charge is 0.205 e. The average molecular weight is 456 g/mol. The Morgan fingerprint density at radius 1 is 0.758 bits per heavy atom. The fourth-order valence-electron chi connectivity index (χ4n) is 4.45. The first kappa shape index (κ1) is 21.4. The third kappa shape index (κ3) is 4.41. The number of nitrogens with one attached hydrogen (secondary N) is 1. The standard InChI is InChI=1S/C28H25NO3S/c30-25(19-11-4-1-5-12-19)23-24(26(31)20-13-6-2-7-14-20)28(29-21-15-8-3-9-16-21)32-27(23)22-17-10-18-33-22/h1-2,4-7,10-14,17-18,21,29H,3,8-9,15-16H2. The number of ketones is 2. The summed E-state index contributed by atoms with van der Waals surface area (Å²) >= 11 is 1.49. The predicted molar refractivity (Wildman–Crippen MR) is 132 cm³/mol. The largest absolute Gasteiger partial charge is 0.438 e. The van der Waals surface area contributed by atoms with E-state index in [0.717, 1.165) is 30.6 Å². The predicted octanol–water partition coefficient (Wildman–Crippen LogP) is 7.21. The second-order valence-electron chi connectivity index (χ2n) is 8.36. The molecule has 0 aliphatic heterocycles. The molecule has 0 unspecified atom stereocenters. The van der Waals surface area contributed by atoms with Crippen LogP contribution in [0.3, 0.4) is 0 Å². The van der Waals surface area contributed by atoms with Gasteiger partial charge in [0.15, 0.2) is 17.3 Å². The Hall–Kier alpha value is -3.44. The molecule has 0 spiro atoms. The maximum Gasteiger partial charge on any atom is 0.205 e. The van der Waals surface area contributed by atoms with E-state index in [0.29, 0.717) is 33.9 Å². The van der Waals surface area contributed by atoms with E-state index in [9.17, 15) is 9.59 Å². The Balaban J connectivity index is 1.70. The van der Waals surface area contributed by atoms with Crippen molar-refractivity contribution in [1.82, 2.24) is 0 Å². The quantitative estimate of drug-likeness (QED) is 0.299. The van der Waals surface area contributed by atoms with Crippen molar-refractivity contribution in [2.75, 3.05) is 5.32 Å². The van der Waals surface area contributed by atoms with Crippen LogP contribution >= 0.6 is 11.3 Å². The van der Waals surface area contributed by atoms with Crippen molar-refractivity contribution in [3.8, 4) is 10.6 Å². The van der Waals surface area contributed by atoms with Crippen LogP contribution in [-0.2, 0) is 0 Å². The number of hydrogen-bond acceptors (Lipinski definition) is 5. The zero-order valence-electron chi connectivity index (χ0n) is 18.3. The summed E-state index contributed by atoms with van der Waals surface area (Å²) in [7, 11) is 0. The molecule has 2 aromatic heterocycles. The Morgan fingerprint density at radius 2 is 1.36 bits per heavy atom. The van der Waals surface area contributed by atoms with Crippen LogP contribution < -0.4 is 5.32 Å². The highest BCUT2D eigenvalue weighted by Crippen LogP contribution is 2.40. The molecule has 5 rings (SSSR count). The van der Waals surface area contributed by atoms with Gasteiger partial charge < -0.3 is 9.73 Å². The number of anilines is 1. The number of furan rings is 1. The second-order valence-corrected chi connectivity index (χ2v) is 9.30. The van der Waals surface area contributed by atoms with Crippen LogP contribution in [0.15, 0.2) is 82.6 Å². The highest BCUT2D eigenvalue weighted by Gasteiger charge is 2.33. The Labute approximate surface area is 197 Å². The SMILES string of the molecule is O=C(c1ccccc1)c1c(NC2CCCCC2)oc(-c2cccs2)c1C(=O)c1ccccc1. The molecule has 4 aromatic rings. The van der Waals surface area contributed by atoms with Crippen LogP contribution in [0.1, 0.15) is 63.9 Å². The lowest BCUT2D eigenvalue weighted by Crippen LogP contribution is -2.23. The molecular formula is C28H25NO3S. The van der Waals surface area contributed by atoms with Gasteiger partial charge in [-0.1, -0.05) is 86.0 Å². The average Bonchev–Trinajstić information content (AvgIpc) is 3.53. The first-order chi connectivity index (χ1) is 16.2. The van der Waals surface area contributed by atoms with Crippen LogP contribution in [0, 0.1) is 0 Å². The normalized spacial score (nSPS) is 14.2. The van der Waals surface area contributed by atoms with Gasteiger partial charge in [-0.05, 0) is 24.3 Å². The van der Waals surface area contributed by atoms with Crippen LogP contribution in [0.4, 0.5) is 5.88 Å². The van der Waals surface area contributed by atoms with Gasteiger partial charge in [0.2, 0.25) is 5.88 Å². The highest BCUT2D eigenvalue weighted by atomic mass is 32.1. The molecule has 0 bridgehead atoms. The Kier molecular flexibility index (Phi) is 6.22. The van der Waals surface area contributed by atoms with E-state index in [-0.39, 0.29) is 17.6 Å². The maximum atomic E-state index is 13.8. The van der Waals surface area contributed by atoms with E-state index in [1.807, 2.05) is 53.9 Å². The molecule has 0 amide bonds. The minimum atomic E-state index is -0.210. The van der Waals surface area contributed by atoms with Gasteiger partial charge in [0.25, 0.3) is 0 Å². The van der Waals surface area contributed by atoms with E-state index in [4.69, 9.17) is 4.42 Å². The molecule has 1 saturated carbocycles. The maximum absolute atomic E-state index is 13.8. The molecule has 0 saturated heterocycles. The minimum Gasteiger partial charge on any atom is -0.438 e. The fraction of sp³-hybridized carbons (Fsp3) is 0.214. The van der Waals surface area contributed by atoms with Crippen molar-refractivity contribution in [3.05, 3.63) is 100 Å². The molecule has 166 valence electrons. The van der Waals surface area contributed by atoms with Gasteiger partial charge in [0, 0.05) is 17.2 Å². The first-order valence-corrected chi connectivity index (χ1v) is 12.3. The van der Waals surface area contributed by atoms with Crippen molar-refractivity contribution in [3.63, 3.8) is 0 Å². The first-order valence-electron chi connectivity index (χ1n) is 11.4. The van der Waals surface area contributed by atoms with Gasteiger partial charge in [0.05, 0.1) is 16.0 Å². The summed E-state index contributed by atoms with van der Waals surface area (Å²) < 4.78 is 6.34.